The maximum Gasteiger partial charge on any atom is 1.00 e. The molecule has 5 nitrogen and oxygen atoms in total. The van der Waals surface area contributed by atoms with Crippen LogP contribution in [-0.4, -0.2) is 14.7 Å². The molecule has 0 amide bonds. The van der Waals surface area contributed by atoms with E-state index in [0.29, 0.717) is 0 Å². The molecule has 0 radical (unpaired) electrons. The van der Waals surface area contributed by atoms with Crippen LogP contribution in [0.25, 0.3) is 0 Å². The Hall–Kier alpha value is 0.0700. The van der Waals surface area contributed by atoms with E-state index in [2.05, 4.69) is 0 Å². The van der Waals surface area contributed by atoms with Gasteiger partial charge in [-0.3, -0.25) is 0 Å². The molecule has 0 bridgehead atoms. The average molecular weight is 117 g/mol. The molecule has 0 atom stereocenters. The molecule has 6 heavy (non-hydrogen) atoms. The van der Waals surface area contributed by atoms with Crippen LogP contribution >= 0.6 is 7.82 Å². The monoisotopic (exact) mass is 117 g/mol. The summed E-state index contributed by atoms with van der Waals surface area (Å²) in [5, 5.41) is 0. The number of phosphoric acid groups is 1. The van der Waals surface area contributed by atoms with Gasteiger partial charge in [-0.1, -0.05) is 0 Å². The van der Waals surface area contributed by atoms with Crippen molar-refractivity contribution in [3.05, 3.63) is 0 Å². The molecule has 0 spiro atoms. The predicted molar refractivity (Wildman–Crippen MR) is 21.5 cm³/mol. The topological polar surface area (TPSA) is 113 Å². The predicted octanol–water partition coefficient (Wildman–Crippen LogP) is -0.542. The molecule has 0 aliphatic rings. The second kappa shape index (κ2) is 2.28. The van der Waals surface area contributed by atoms with Crippen molar-refractivity contribution in [3.8, 4) is 0 Å². The second-order valence-corrected chi connectivity index (χ2v) is 1.54. The molecule has 40 valence electrons. The molecule has 0 fully saturated rings. The van der Waals surface area contributed by atoms with Crippen molar-refractivity contribution in [2.24, 2.45) is 0 Å². The Labute approximate surface area is 37.4 Å². The number of hydrogen-bond acceptors (Lipinski definition) is 2. The van der Waals surface area contributed by atoms with Crippen LogP contribution in [0, 0.1) is 0 Å². The molecule has 0 aliphatic carbocycles. The Morgan fingerprint density at radius 3 is 1.33 bits per heavy atom. The van der Waals surface area contributed by atoms with Gasteiger partial charge in [0.2, 0.25) is 0 Å². The van der Waals surface area contributed by atoms with Crippen LogP contribution in [-0.2, 0) is 4.57 Å². The zero-order chi connectivity index (χ0) is 4.50. The summed E-state index contributed by atoms with van der Waals surface area (Å²) >= 11 is 0. The van der Waals surface area contributed by atoms with E-state index in [9.17, 15) is 0 Å². The van der Waals surface area contributed by atoms with Gasteiger partial charge in [0.15, 0.2) is 0 Å². The second-order valence-electron chi connectivity index (χ2n) is 0.513. The zero-order valence-corrected chi connectivity index (χ0v) is 3.80. The van der Waals surface area contributed by atoms with Gasteiger partial charge in [-0.25, -0.2) is 4.57 Å². The molecular formula is H8NO4P+2. The lowest BCUT2D eigenvalue weighted by Crippen LogP contribution is -1.66. The highest BCUT2D eigenvalue weighted by Crippen LogP contribution is 2.25. The van der Waals surface area contributed by atoms with Gasteiger partial charge in [-0.2, -0.15) is 0 Å². The normalized spacial score (nSPS) is 9.83. The van der Waals surface area contributed by atoms with Gasteiger partial charge in [-0.05, 0) is 0 Å². The third kappa shape index (κ3) is 7830. The minimum absolute atomic E-state index is 0. The summed E-state index contributed by atoms with van der Waals surface area (Å²) < 4.78 is 8.88. The van der Waals surface area contributed by atoms with E-state index in [-0.39, 0.29) is 9.00 Å². The van der Waals surface area contributed by atoms with Gasteiger partial charge in [0.25, 0.3) is 0 Å². The minimum Gasteiger partial charge on any atom is -0.344 e. The Morgan fingerprint density at radius 2 is 1.33 bits per heavy atom. The lowest BCUT2D eigenvalue weighted by atomic mass is 14.0. The molecule has 0 saturated carbocycles. The fourth-order valence-corrected chi connectivity index (χ4v) is 0. The van der Waals surface area contributed by atoms with Crippen LogP contribution in [0.2, 0.25) is 0 Å². The summed E-state index contributed by atoms with van der Waals surface area (Å²) in [7, 11) is -4.64. The maximum atomic E-state index is 8.88. The van der Waals surface area contributed by atoms with Crippen LogP contribution in [0.5, 0.6) is 0 Å². The molecule has 0 aromatic carbocycles. The van der Waals surface area contributed by atoms with E-state index in [1.165, 1.54) is 0 Å². The van der Waals surface area contributed by atoms with E-state index in [1.807, 2.05) is 0 Å². The van der Waals surface area contributed by atoms with E-state index in [1.54, 1.807) is 0 Å². The zero-order valence-electron chi connectivity index (χ0n) is 4.90. The van der Waals surface area contributed by atoms with E-state index in [4.69, 9.17) is 19.2 Å². The molecule has 0 unspecified atom stereocenters. The Bertz CT molecular complexity index is 60.2. The number of rotatable bonds is 0. The first-order valence-corrected chi connectivity index (χ1v) is 2.35. The van der Waals surface area contributed by atoms with Crippen LogP contribution < -0.4 is 6.15 Å². The van der Waals surface area contributed by atoms with Gasteiger partial charge < -0.3 is 20.8 Å². The fraction of sp³-hybridized carbons (Fsp3) is 0. The fourth-order valence-electron chi connectivity index (χ4n) is 0. The van der Waals surface area contributed by atoms with Crippen molar-refractivity contribution in [2.45, 2.75) is 0 Å². The molecule has 6 heteroatoms. The van der Waals surface area contributed by atoms with Gasteiger partial charge in [0.1, 0.15) is 0 Å². The molecule has 0 aromatic heterocycles. The van der Waals surface area contributed by atoms with Crippen molar-refractivity contribution in [1.29, 1.82) is 0 Å². The first-order valence-electron chi connectivity index (χ1n) is 0.783. The molecule has 6 N–H and O–H groups in total. The van der Waals surface area contributed by atoms with E-state index in [0.717, 1.165) is 0 Å². The van der Waals surface area contributed by atoms with E-state index < -0.39 is 7.82 Å². The number of hydrogen-bond donors (Lipinski definition) is 4. The van der Waals surface area contributed by atoms with Gasteiger partial charge >= 0.3 is 10.7 Å². The van der Waals surface area contributed by atoms with Crippen molar-refractivity contribution >= 4 is 7.82 Å². The standard InChI is InChI=1S/H3N.H3O4P/c;1-5(2,3)4/h1H3;(H3,1,2,3,4)/p+2. The lowest BCUT2D eigenvalue weighted by molar-refractivity contribution is 0.275. The molecule has 0 rings (SSSR count). The Morgan fingerprint density at radius 1 is 1.33 bits per heavy atom. The van der Waals surface area contributed by atoms with Crippen molar-refractivity contribution < 1.29 is 22.1 Å². The van der Waals surface area contributed by atoms with Crippen LogP contribution in [0.3, 0.4) is 0 Å². The van der Waals surface area contributed by atoms with Crippen molar-refractivity contribution in [2.75, 3.05) is 0 Å². The van der Waals surface area contributed by atoms with Gasteiger partial charge in [0.05, 0.1) is 0 Å². The maximum absolute atomic E-state index is 8.88. The quantitative estimate of drug-likeness (QED) is 0.318. The SMILES string of the molecule is N.O=P(O)(O)O.[H+].[H+]. The van der Waals surface area contributed by atoms with Crippen LogP contribution in [0.15, 0.2) is 0 Å². The summed E-state index contributed by atoms with van der Waals surface area (Å²) in [4.78, 5) is 21.6. The molecule has 0 heterocycles. The third-order valence-corrected chi connectivity index (χ3v) is 0. The highest BCUT2D eigenvalue weighted by Gasteiger charge is 2.00. The van der Waals surface area contributed by atoms with Crippen molar-refractivity contribution in [1.82, 2.24) is 6.15 Å². The van der Waals surface area contributed by atoms with E-state index >= 15 is 0 Å². The van der Waals surface area contributed by atoms with Crippen LogP contribution in [0.4, 0.5) is 0 Å². The van der Waals surface area contributed by atoms with Crippen molar-refractivity contribution in [3.63, 3.8) is 0 Å². The Balaban J connectivity index is -0.0000000267. The summed E-state index contributed by atoms with van der Waals surface area (Å²) in [6.07, 6.45) is 0. The largest absolute Gasteiger partial charge is 1.00 e. The summed E-state index contributed by atoms with van der Waals surface area (Å²) in [5.41, 5.74) is 0. The average Bonchev–Trinajstić information content (AvgIpc) is 0.722. The third-order valence-electron chi connectivity index (χ3n) is 0. The first kappa shape index (κ1) is 9.42. The first-order chi connectivity index (χ1) is 2.00. The summed E-state index contributed by atoms with van der Waals surface area (Å²) in [6, 6.07) is 0. The molecule has 0 saturated heterocycles. The Kier molecular flexibility index (Phi) is 3.58. The van der Waals surface area contributed by atoms with Gasteiger partial charge in [-0.15, -0.1) is 0 Å². The molecule has 0 aliphatic heterocycles. The summed E-state index contributed by atoms with van der Waals surface area (Å²) in [5.74, 6) is 0. The highest BCUT2D eigenvalue weighted by molar-refractivity contribution is 7.45. The summed E-state index contributed by atoms with van der Waals surface area (Å²) in [6.45, 7) is 0. The lowest BCUT2D eigenvalue weighted by Gasteiger charge is -1.82. The highest BCUT2D eigenvalue weighted by atomic mass is 31.2. The van der Waals surface area contributed by atoms with Gasteiger partial charge in [0, 0.05) is 0 Å². The molecular weight excluding hydrogens is 109 g/mol. The molecule has 0 aromatic rings. The van der Waals surface area contributed by atoms with Crippen LogP contribution in [0.1, 0.15) is 2.85 Å². The smallest absolute Gasteiger partial charge is 0.344 e. The minimum atomic E-state index is -4.64.